The first kappa shape index (κ1) is 20.1. The van der Waals surface area contributed by atoms with Crippen LogP contribution >= 0.6 is 0 Å². The zero-order valence-electron chi connectivity index (χ0n) is 17.4. The second-order valence-electron chi connectivity index (χ2n) is 8.34. The summed E-state index contributed by atoms with van der Waals surface area (Å²) in [5.41, 5.74) is 0.311. The van der Waals surface area contributed by atoms with Crippen molar-refractivity contribution >= 4 is 34.1 Å². The molecule has 5 rings (SSSR count). The second-order valence-corrected chi connectivity index (χ2v) is 8.34. The number of nitrogens with zero attached hydrogens (tertiary/aromatic N) is 3. The van der Waals surface area contributed by atoms with Gasteiger partial charge >= 0.3 is 6.03 Å². The summed E-state index contributed by atoms with van der Waals surface area (Å²) in [5.74, 6) is -0.340. The van der Waals surface area contributed by atoms with E-state index in [0.717, 1.165) is 10.5 Å². The number of anilines is 1. The average Bonchev–Trinajstić information content (AvgIpc) is 3.23. The molecule has 0 radical (unpaired) electrons. The van der Waals surface area contributed by atoms with Crippen molar-refractivity contribution in [3.63, 3.8) is 0 Å². The lowest BCUT2D eigenvalue weighted by Crippen LogP contribution is -2.41. The number of imide groups is 1. The Bertz CT molecular complexity index is 1240. The maximum absolute atomic E-state index is 13.5. The van der Waals surface area contributed by atoms with Gasteiger partial charge in [-0.05, 0) is 24.6 Å². The van der Waals surface area contributed by atoms with Gasteiger partial charge in [-0.3, -0.25) is 14.9 Å². The van der Waals surface area contributed by atoms with E-state index in [1.807, 2.05) is 30.3 Å². The van der Waals surface area contributed by atoms with Gasteiger partial charge in [0.05, 0.1) is 28.7 Å². The summed E-state index contributed by atoms with van der Waals surface area (Å²) >= 11 is 0. The first-order valence-corrected chi connectivity index (χ1v) is 10.4. The molecule has 2 atom stereocenters. The number of carbonyl (C=O) groups is 2. The third kappa shape index (κ3) is 3.03. The fourth-order valence-electron chi connectivity index (χ4n) is 4.70. The Morgan fingerprint density at radius 3 is 2.41 bits per heavy atom. The van der Waals surface area contributed by atoms with Crippen molar-refractivity contribution < 1.29 is 19.2 Å². The fraction of sp³-hybridized carbons (Fsp3) is 0.250. The minimum atomic E-state index is -1.01. The highest BCUT2D eigenvalue weighted by molar-refractivity contribution is 6.26. The number of fused-ring (bicyclic) bond motifs is 2. The lowest BCUT2D eigenvalue weighted by molar-refractivity contribution is -0.383. The molecule has 1 unspecified atom stereocenters. The quantitative estimate of drug-likeness (QED) is 0.342. The molecule has 0 N–H and O–H groups in total. The SMILES string of the molecule is CC12C[C@@H](OCc3ccccc3)CN1C(=O)N(c1ccc([N+](=O)[O-])c3ccccc13)C2=O. The van der Waals surface area contributed by atoms with Crippen LogP contribution in [0.4, 0.5) is 16.2 Å². The van der Waals surface area contributed by atoms with Crippen LogP contribution in [-0.2, 0) is 16.1 Å². The number of nitro groups is 1. The van der Waals surface area contributed by atoms with Gasteiger partial charge in [-0.25, -0.2) is 9.69 Å². The molecule has 2 saturated heterocycles. The number of nitro benzene ring substituents is 1. The molecule has 8 nitrogen and oxygen atoms in total. The van der Waals surface area contributed by atoms with Crippen molar-refractivity contribution in [3.8, 4) is 0 Å². The number of urea groups is 1. The molecular formula is C24H21N3O5. The van der Waals surface area contributed by atoms with Crippen LogP contribution in [0.25, 0.3) is 10.8 Å². The van der Waals surface area contributed by atoms with Crippen molar-refractivity contribution in [2.24, 2.45) is 0 Å². The molecule has 32 heavy (non-hydrogen) atoms. The number of hydrogen-bond donors (Lipinski definition) is 0. The first-order valence-electron chi connectivity index (χ1n) is 10.4. The van der Waals surface area contributed by atoms with E-state index < -0.39 is 16.5 Å². The van der Waals surface area contributed by atoms with Crippen LogP contribution in [0, 0.1) is 10.1 Å². The van der Waals surface area contributed by atoms with Gasteiger partial charge < -0.3 is 9.64 Å². The van der Waals surface area contributed by atoms with Gasteiger partial charge in [-0.15, -0.1) is 0 Å². The zero-order chi connectivity index (χ0) is 22.5. The first-order chi connectivity index (χ1) is 15.4. The molecule has 3 aromatic rings. The highest BCUT2D eigenvalue weighted by atomic mass is 16.6. The minimum Gasteiger partial charge on any atom is -0.372 e. The molecule has 162 valence electrons. The molecule has 2 fully saturated rings. The lowest BCUT2D eigenvalue weighted by atomic mass is 9.97. The van der Waals surface area contributed by atoms with Gasteiger partial charge in [0.1, 0.15) is 5.54 Å². The Labute approximate surface area is 184 Å². The van der Waals surface area contributed by atoms with Crippen molar-refractivity contribution in [1.82, 2.24) is 4.90 Å². The topological polar surface area (TPSA) is 93.0 Å². The van der Waals surface area contributed by atoms with E-state index in [9.17, 15) is 19.7 Å². The van der Waals surface area contributed by atoms with E-state index in [1.165, 1.54) is 12.1 Å². The van der Waals surface area contributed by atoms with Gasteiger partial charge in [-0.1, -0.05) is 48.5 Å². The number of amides is 3. The number of rotatable bonds is 5. The molecule has 0 spiro atoms. The molecule has 0 saturated carbocycles. The van der Waals surface area contributed by atoms with Crippen LogP contribution in [0.5, 0.6) is 0 Å². The average molecular weight is 431 g/mol. The monoisotopic (exact) mass is 431 g/mol. The smallest absolute Gasteiger partial charge is 0.332 e. The summed E-state index contributed by atoms with van der Waals surface area (Å²) in [7, 11) is 0. The van der Waals surface area contributed by atoms with E-state index in [0.29, 0.717) is 36.0 Å². The van der Waals surface area contributed by atoms with Gasteiger partial charge in [0, 0.05) is 24.4 Å². The molecule has 8 heteroatoms. The van der Waals surface area contributed by atoms with E-state index in [2.05, 4.69) is 0 Å². The molecule has 0 aliphatic carbocycles. The molecule has 3 amide bonds. The van der Waals surface area contributed by atoms with E-state index in [4.69, 9.17) is 4.74 Å². The molecule has 2 aliphatic rings. The predicted molar refractivity (Wildman–Crippen MR) is 118 cm³/mol. The normalized spacial score (nSPS) is 22.6. The van der Waals surface area contributed by atoms with Crippen molar-refractivity contribution in [3.05, 3.63) is 82.4 Å². The van der Waals surface area contributed by atoms with Crippen LogP contribution in [0.3, 0.4) is 0 Å². The standard InChI is InChI=1S/C24H21N3O5/c1-24-13-17(32-15-16-7-3-2-4-8-16)14-25(24)23(29)26(22(24)28)20-11-12-21(27(30)31)19-10-6-5-9-18(19)20/h2-12,17H,13-15H2,1H3/t17-,24?/m1/s1. The fourth-order valence-corrected chi connectivity index (χ4v) is 4.70. The second kappa shape index (κ2) is 7.42. The Balaban J connectivity index is 1.43. The summed E-state index contributed by atoms with van der Waals surface area (Å²) < 4.78 is 6.00. The van der Waals surface area contributed by atoms with Crippen LogP contribution in [0.15, 0.2) is 66.7 Å². The summed E-state index contributed by atoms with van der Waals surface area (Å²) in [6.07, 6.45) is 0.148. The predicted octanol–water partition coefficient (Wildman–Crippen LogP) is 4.26. The molecule has 2 heterocycles. The van der Waals surface area contributed by atoms with Crippen molar-refractivity contribution in [2.45, 2.75) is 31.6 Å². The van der Waals surface area contributed by atoms with Gasteiger partial charge in [0.2, 0.25) is 0 Å². The van der Waals surface area contributed by atoms with E-state index in [-0.39, 0.29) is 17.7 Å². The van der Waals surface area contributed by atoms with Gasteiger partial charge in [0.15, 0.2) is 0 Å². The number of ether oxygens (including phenoxy) is 1. The number of benzene rings is 3. The number of non-ortho nitro benzene ring substituents is 1. The Morgan fingerprint density at radius 1 is 1.03 bits per heavy atom. The highest BCUT2D eigenvalue weighted by Gasteiger charge is 2.60. The van der Waals surface area contributed by atoms with Crippen LogP contribution < -0.4 is 4.90 Å². The molecule has 0 bridgehead atoms. The zero-order valence-corrected chi connectivity index (χ0v) is 17.4. The van der Waals surface area contributed by atoms with E-state index >= 15 is 0 Å². The summed E-state index contributed by atoms with van der Waals surface area (Å²) in [6.45, 7) is 2.48. The summed E-state index contributed by atoms with van der Waals surface area (Å²) in [6, 6.07) is 18.9. The molecule has 3 aromatic carbocycles. The lowest BCUT2D eigenvalue weighted by Gasteiger charge is -2.22. The molecular weight excluding hydrogens is 410 g/mol. The Hall–Kier alpha value is -3.78. The number of carbonyl (C=O) groups excluding carboxylic acids is 2. The Morgan fingerprint density at radius 2 is 1.72 bits per heavy atom. The molecule has 0 aromatic heterocycles. The van der Waals surface area contributed by atoms with Crippen molar-refractivity contribution in [2.75, 3.05) is 11.4 Å². The third-order valence-corrected chi connectivity index (χ3v) is 6.34. The summed E-state index contributed by atoms with van der Waals surface area (Å²) in [4.78, 5) is 40.5. The van der Waals surface area contributed by atoms with Crippen LogP contribution in [0.1, 0.15) is 18.9 Å². The maximum Gasteiger partial charge on any atom is 0.332 e. The van der Waals surface area contributed by atoms with Gasteiger partial charge in [0.25, 0.3) is 11.6 Å². The third-order valence-electron chi connectivity index (χ3n) is 6.34. The largest absolute Gasteiger partial charge is 0.372 e. The van der Waals surface area contributed by atoms with E-state index in [1.54, 1.807) is 36.1 Å². The maximum atomic E-state index is 13.5. The highest BCUT2D eigenvalue weighted by Crippen LogP contribution is 2.43. The summed E-state index contributed by atoms with van der Waals surface area (Å²) in [5, 5.41) is 12.3. The number of hydrogen-bond acceptors (Lipinski definition) is 5. The van der Waals surface area contributed by atoms with Crippen molar-refractivity contribution in [1.29, 1.82) is 0 Å². The van der Waals surface area contributed by atoms with Crippen LogP contribution in [0.2, 0.25) is 0 Å². The minimum absolute atomic E-state index is 0.0652. The molecule has 2 aliphatic heterocycles. The van der Waals surface area contributed by atoms with Crippen LogP contribution in [-0.4, -0.2) is 39.9 Å². The van der Waals surface area contributed by atoms with Gasteiger partial charge in [-0.2, -0.15) is 0 Å². The Kier molecular flexibility index (Phi) is 4.67.